The zero-order chi connectivity index (χ0) is 11.5. The lowest BCUT2D eigenvalue weighted by atomic mass is 10.0. The molecule has 0 spiro atoms. The second-order valence-electron chi connectivity index (χ2n) is 4.54. The fourth-order valence-corrected chi connectivity index (χ4v) is 1.32. The van der Waals surface area contributed by atoms with Crippen LogP contribution in [0.25, 0.3) is 0 Å². The normalized spacial score (nSPS) is 13.7. The van der Waals surface area contributed by atoms with Crippen LogP contribution in [0.3, 0.4) is 0 Å². The third-order valence-electron chi connectivity index (χ3n) is 2.65. The number of hydrogen-bond donors (Lipinski definition) is 1. The van der Waals surface area contributed by atoms with Crippen molar-refractivity contribution in [2.45, 2.75) is 45.8 Å². The van der Waals surface area contributed by atoms with Gasteiger partial charge >= 0.3 is 0 Å². The van der Waals surface area contributed by atoms with Crippen LogP contribution in [-0.4, -0.2) is 5.60 Å². The predicted octanol–water partition coefficient (Wildman–Crippen LogP) is 3.27. The van der Waals surface area contributed by atoms with Crippen molar-refractivity contribution in [2.75, 3.05) is 0 Å². The molecule has 0 radical (unpaired) electrons. The van der Waals surface area contributed by atoms with Crippen LogP contribution in [0.5, 0.6) is 5.75 Å². The number of para-hydroxylation sites is 1. The van der Waals surface area contributed by atoms with E-state index in [0.29, 0.717) is 0 Å². The molecule has 0 heterocycles. The van der Waals surface area contributed by atoms with E-state index in [1.165, 1.54) is 0 Å². The van der Waals surface area contributed by atoms with Gasteiger partial charge in [-0.2, -0.15) is 0 Å². The third kappa shape index (κ3) is 3.24. The summed E-state index contributed by atoms with van der Waals surface area (Å²) in [5, 5.41) is 0. The Bertz CT molecular complexity index is 318. The van der Waals surface area contributed by atoms with E-state index in [4.69, 9.17) is 10.5 Å². The molecule has 0 saturated heterocycles. The Morgan fingerprint density at radius 3 is 2.47 bits per heavy atom. The van der Waals surface area contributed by atoms with Crippen molar-refractivity contribution in [1.82, 2.24) is 0 Å². The molecule has 15 heavy (non-hydrogen) atoms. The maximum atomic E-state index is 5.96. The van der Waals surface area contributed by atoms with E-state index in [2.05, 4.69) is 20.8 Å². The van der Waals surface area contributed by atoms with Gasteiger partial charge in [0, 0.05) is 11.6 Å². The van der Waals surface area contributed by atoms with Gasteiger partial charge in [0.05, 0.1) is 0 Å². The van der Waals surface area contributed by atoms with Crippen LogP contribution in [0.2, 0.25) is 0 Å². The van der Waals surface area contributed by atoms with Crippen LogP contribution in [0.15, 0.2) is 24.3 Å². The largest absolute Gasteiger partial charge is 0.488 e. The minimum atomic E-state index is -0.134. The molecule has 1 atom stereocenters. The number of rotatable bonds is 4. The minimum absolute atomic E-state index is 0.00820. The highest BCUT2D eigenvalue weighted by atomic mass is 16.5. The van der Waals surface area contributed by atoms with E-state index in [0.717, 1.165) is 17.7 Å². The molecular formula is C13H21NO. The number of hydrogen-bond acceptors (Lipinski definition) is 2. The van der Waals surface area contributed by atoms with Gasteiger partial charge in [0.15, 0.2) is 0 Å². The fourth-order valence-electron chi connectivity index (χ4n) is 1.32. The second kappa shape index (κ2) is 4.67. The first-order chi connectivity index (χ1) is 6.96. The van der Waals surface area contributed by atoms with E-state index in [1.54, 1.807) is 0 Å². The molecule has 1 aromatic rings. The van der Waals surface area contributed by atoms with Gasteiger partial charge in [-0.1, -0.05) is 25.1 Å². The molecule has 0 saturated carbocycles. The van der Waals surface area contributed by atoms with Crippen LogP contribution in [0, 0.1) is 0 Å². The summed E-state index contributed by atoms with van der Waals surface area (Å²) in [6, 6.07) is 7.98. The molecule has 0 aliphatic carbocycles. The second-order valence-corrected chi connectivity index (χ2v) is 4.54. The third-order valence-corrected chi connectivity index (χ3v) is 2.65. The average Bonchev–Trinajstić information content (AvgIpc) is 2.18. The van der Waals surface area contributed by atoms with Gasteiger partial charge in [-0.05, 0) is 33.3 Å². The van der Waals surface area contributed by atoms with E-state index in [9.17, 15) is 0 Å². The van der Waals surface area contributed by atoms with Gasteiger partial charge < -0.3 is 10.5 Å². The highest BCUT2D eigenvalue weighted by Gasteiger charge is 2.19. The molecule has 84 valence electrons. The summed E-state index contributed by atoms with van der Waals surface area (Å²) < 4.78 is 5.96. The SMILES string of the molecule is CCC(C)(C)Oc1ccccc1[C@@H](C)N. The van der Waals surface area contributed by atoms with Crippen molar-refractivity contribution < 1.29 is 4.74 Å². The summed E-state index contributed by atoms with van der Waals surface area (Å²) in [5.41, 5.74) is 6.83. The number of ether oxygens (including phenoxy) is 1. The van der Waals surface area contributed by atoms with Gasteiger partial charge in [-0.15, -0.1) is 0 Å². The van der Waals surface area contributed by atoms with Crippen molar-refractivity contribution in [1.29, 1.82) is 0 Å². The number of benzene rings is 1. The molecule has 0 fully saturated rings. The summed E-state index contributed by atoms with van der Waals surface area (Å²) in [6.07, 6.45) is 0.973. The monoisotopic (exact) mass is 207 g/mol. The molecule has 1 rings (SSSR count). The molecule has 0 aromatic heterocycles. The topological polar surface area (TPSA) is 35.2 Å². The van der Waals surface area contributed by atoms with Crippen LogP contribution in [-0.2, 0) is 0 Å². The Labute approximate surface area is 92.4 Å². The maximum Gasteiger partial charge on any atom is 0.124 e. The fraction of sp³-hybridized carbons (Fsp3) is 0.538. The van der Waals surface area contributed by atoms with Crippen LogP contribution >= 0.6 is 0 Å². The first-order valence-electron chi connectivity index (χ1n) is 5.50. The highest BCUT2D eigenvalue weighted by molar-refractivity contribution is 5.35. The molecule has 0 bridgehead atoms. The molecule has 0 unspecified atom stereocenters. The van der Waals surface area contributed by atoms with Crippen molar-refractivity contribution in [3.05, 3.63) is 29.8 Å². The lowest BCUT2D eigenvalue weighted by molar-refractivity contribution is 0.103. The lowest BCUT2D eigenvalue weighted by Gasteiger charge is -2.27. The molecule has 2 heteroatoms. The van der Waals surface area contributed by atoms with Gasteiger partial charge in [0.1, 0.15) is 11.4 Å². The Balaban J connectivity index is 2.94. The minimum Gasteiger partial charge on any atom is -0.488 e. The Morgan fingerprint density at radius 2 is 1.93 bits per heavy atom. The molecule has 1 aromatic carbocycles. The summed E-state index contributed by atoms with van der Waals surface area (Å²) >= 11 is 0. The zero-order valence-corrected chi connectivity index (χ0v) is 10.1. The van der Waals surface area contributed by atoms with E-state index in [1.807, 2.05) is 31.2 Å². The molecule has 2 nitrogen and oxygen atoms in total. The summed E-state index contributed by atoms with van der Waals surface area (Å²) in [6.45, 7) is 8.27. The summed E-state index contributed by atoms with van der Waals surface area (Å²) in [7, 11) is 0. The van der Waals surface area contributed by atoms with Crippen LogP contribution < -0.4 is 10.5 Å². The summed E-state index contributed by atoms with van der Waals surface area (Å²) in [4.78, 5) is 0. The predicted molar refractivity (Wildman–Crippen MR) is 64.0 cm³/mol. The van der Waals surface area contributed by atoms with Gasteiger partial charge in [0.25, 0.3) is 0 Å². The van der Waals surface area contributed by atoms with Gasteiger partial charge in [-0.3, -0.25) is 0 Å². The van der Waals surface area contributed by atoms with Crippen molar-refractivity contribution in [2.24, 2.45) is 5.73 Å². The Morgan fingerprint density at radius 1 is 1.33 bits per heavy atom. The lowest BCUT2D eigenvalue weighted by Crippen LogP contribution is -2.27. The van der Waals surface area contributed by atoms with Crippen molar-refractivity contribution in [3.63, 3.8) is 0 Å². The molecule has 0 aliphatic heterocycles. The first kappa shape index (κ1) is 12.1. The average molecular weight is 207 g/mol. The van der Waals surface area contributed by atoms with E-state index in [-0.39, 0.29) is 11.6 Å². The molecule has 2 N–H and O–H groups in total. The standard InChI is InChI=1S/C13H21NO/c1-5-13(3,4)15-12-9-7-6-8-11(12)10(2)14/h6-10H,5,14H2,1-4H3/t10-/m1/s1. The van der Waals surface area contributed by atoms with Crippen LogP contribution in [0.1, 0.15) is 45.7 Å². The van der Waals surface area contributed by atoms with E-state index >= 15 is 0 Å². The van der Waals surface area contributed by atoms with E-state index < -0.39 is 0 Å². The van der Waals surface area contributed by atoms with Crippen molar-refractivity contribution >= 4 is 0 Å². The maximum absolute atomic E-state index is 5.96. The summed E-state index contributed by atoms with van der Waals surface area (Å²) in [5.74, 6) is 0.902. The van der Waals surface area contributed by atoms with Gasteiger partial charge in [-0.25, -0.2) is 0 Å². The van der Waals surface area contributed by atoms with Gasteiger partial charge in [0.2, 0.25) is 0 Å². The smallest absolute Gasteiger partial charge is 0.124 e. The molecular weight excluding hydrogens is 186 g/mol. The number of nitrogens with two attached hydrogens (primary N) is 1. The Kier molecular flexibility index (Phi) is 3.75. The zero-order valence-electron chi connectivity index (χ0n) is 10.1. The molecule has 0 aliphatic rings. The van der Waals surface area contributed by atoms with Crippen molar-refractivity contribution in [3.8, 4) is 5.75 Å². The Hall–Kier alpha value is -1.02. The van der Waals surface area contributed by atoms with Crippen LogP contribution in [0.4, 0.5) is 0 Å². The first-order valence-corrected chi connectivity index (χ1v) is 5.50. The highest BCUT2D eigenvalue weighted by Crippen LogP contribution is 2.27. The molecule has 0 amide bonds. The quantitative estimate of drug-likeness (QED) is 0.822.